The van der Waals surface area contributed by atoms with Gasteiger partial charge >= 0.3 is 0 Å². The summed E-state index contributed by atoms with van der Waals surface area (Å²) in [6.07, 6.45) is 2.24. The second kappa shape index (κ2) is 6.90. The van der Waals surface area contributed by atoms with Crippen molar-refractivity contribution in [3.8, 4) is 0 Å². The Morgan fingerprint density at radius 2 is 1.73 bits per heavy atom. The van der Waals surface area contributed by atoms with E-state index in [4.69, 9.17) is 4.55 Å². The Bertz CT molecular complexity index is 167. The van der Waals surface area contributed by atoms with Crippen LogP contribution in [0.25, 0.3) is 0 Å². The fourth-order valence-corrected chi connectivity index (χ4v) is 1.37. The lowest BCUT2D eigenvalue weighted by atomic mass is 10.3. The molecule has 0 aliphatic heterocycles. The zero-order valence-corrected chi connectivity index (χ0v) is 8.07. The highest BCUT2D eigenvalue weighted by Crippen LogP contribution is 1.98. The van der Waals surface area contributed by atoms with E-state index in [0.717, 1.165) is 18.6 Å². The third-order valence-electron chi connectivity index (χ3n) is 1.06. The number of rotatable bonds is 5. The molecule has 0 saturated carbocycles. The van der Waals surface area contributed by atoms with Crippen LogP contribution in [0.1, 0.15) is 19.3 Å². The van der Waals surface area contributed by atoms with Crippen molar-refractivity contribution < 1.29 is 13.0 Å². The Balaban J connectivity index is 0. The van der Waals surface area contributed by atoms with Crippen LogP contribution in [0, 0.1) is 0 Å². The molecular formula is C5H15NO3S2. The van der Waals surface area contributed by atoms with Crippen LogP contribution >= 0.6 is 12.6 Å². The van der Waals surface area contributed by atoms with Crippen LogP contribution in [-0.4, -0.2) is 24.5 Å². The van der Waals surface area contributed by atoms with Crippen molar-refractivity contribution in [2.75, 3.05) is 11.5 Å². The van der Waals surface area contributed by atoms with Gasteiger partial charge in [0.25, 0.3) is 10.1 Å². The van der Waals surface area contributed by atoms with Crippen molar-refractivity contribution in [1.29, 1.82) is 0 Å². The molecule has 4 nitrogen and oxygen atoms in total. The minimum Gasteiger partial charge on any atom is -0.344 e. The first-order chi connectivity index (χ1) is 4.56. The molecule has 0 aliphatic carbocycles. The van der Waals surface area contributed by atoms with Crippen molar-refractivity contribution in [2.24, 2.45) is 0 Å². The van der Waals surface area contributed by atoms with Crippen molar-refractivity contribution in [3.63, 3.8) is 0 Å². The molecule has 0 unspecified atom stereocenters. The molecule has 0 rings (SSSR count). The Morgan fingerprint density at radius 1 is 1.18 bits per heavy atom. The summed E-state index contributed by atoms with van der Waals surface area (Å²) in [5.74, 6) is 0.645. The van der Waals surface area contributed by atoms with E-state index in [9.17, 15) is 8.42 Å². The summed E-state index contributed by atoms with van der Waals surface area (Å²) in [5.41, 5.74) is 0. The molecule has 0 atom stereocenters. The van der Waals surface area contributed by atoms with Gasteiger partial charge in [-0.15, -0.1) is 0 Å². The molecular weight excluding hydrogens is 186 g/mol. The van der Waals surface area contributed by atoms with Gasteiger partial charge in [0.2, 0.25) is 0 Å². The normalized spacial score (nSPS) is 10.7. The Kier molecular flexibility index (Phi) is 8.65. The zero-order chi connectivity index (χ0) is 8.04. The molecule has 0 spiro atoms. The fraction of sp³-hybridized carbons (Fsp3) is 1.00. The van der Waals surface area contributed by atoms with Gasteiger partial charge < -0.3 is 6.15 Å². The van der Waals surface area contributed by atoms with Crippen LogP contribution in [0.4, 0.5) is 0 Å². The molecule has 0 aliphatic rings. The zero-order valence-electron chi connectivity index (χ0n) is 6.36. The quantitative estimate of drug-likeness (QED) is 0.353. The highest BCUT2D eigenvalue weighted by atomic mass is 32.2. The average Bonchev–Trinajstić information content (AvgIpc) is 1.78. The first-order valence-corrected chi connectivity index (χ1v) is 5.36. The maximum Gasteiger partial charge on any atom is 0.264 e. The van der Waals surface area contributed by atoms with Crippen molar-refractivity contribution in [2.45, 2.75) is 19.3 Å². The Morgan fingerprint density at radius 3 is 2.09 bits per heavy atom. The predicted octanol–water partition coefficient (Wildman–Crippen LogP) is 1.14. The third-order valence-corrected chi connectivity index (χ3v) is 2.18. The lowest BCUT2D eigenvalue weighted by Crippen LogP contribution is -2.03. The van der Waals surface area contributed by atoms with Crippen LogP contribution in [-0.2, 0) is 10.1 Å². The molecule has 0 heterocycles. The van der Waals surface area contributed by atoms with E-state index in [-0.39, 0.29) is 11.9 Å². The summed E-state index contributed by atoms with van der Waals surface area (Å²) in [5, 5.41) is 0. The van der Waals surface area contributed by atoms with E-state index in [0.29, 0.717) is 6.42 Å². The van der Waals surface area contributed by atoms with E-state index >= 15 is 0 Å². The van der Waals surface area contributed by atoms with Crippen LogP contribution in [0.3, 0.4) is 0 Å². The molecule has 0 bridgehead atoms. The van der Waals surface area contributed by atoms with E-state index in [1.54, 1.807) is 0 Å². The summed E-state index contributed by atoms with van der Waals surface area (Å²) in [4.78, 5) is 0. The summed E-state index contributed by atoms with van der Waals surface area (Å²) < 4.78 is 28.5. The molecule has 0 aromatic rings. The number of hydrogen-bond acceptors (Lipinski definition) is 4. The standard InChI is InChI=1S/C5H12O3S2.H3N/c6-10(7,8)5-3-1-2-4-9;/h9H,1-5H2,(H,6,7,8);1H3. The average molecular weight is 201 g/mol. The number of hydrogen-bond donors (Lipinski definition) is 3. The monoisotopic (exact) mass is 201 g/mol. The van der Waals surface area contributed by atoms with Crippen molar-refractivity contribution in [3.05, 3.63) is 0 Å². The minimum absolute atomic E-state index is 0. The molecule has 0 radical (unpaired) electrons. The van der Waals surface area contributed by atoms with Gasteiger partial charge in [-0.3, -0.25) is 4.55 Å². The van der Waals surface area contributed by atoms with Gasteiger partial charge in [0.1, 0.15) is 0 Å². The molecule has 0 amide bonds. The molecule has 0 saturated heterocycles. The molecule has 4 N–H and O–H groups in total. The van der Waals surface area contributed by atoms with E-state index in [1.807, 2.05) is 0 Å². The number of unbranched alkanes of at least 4 members (excludes halogenated alkanes) is 2. The molecule has 70 valence electrons. The maximum atomic E-state index is 10.1. The van der Waals surface area contributed by atoms with Gasteiger partial charge in [-0.05, 0) is 18.6 Å². The van der Waals surface area contributed by atoms with Gasteiger partial charge in [0.05, 0.1) is 5.75 Å². The van der Waals surface area contributed by atoms with Gasteiger partial charge in [0, 0.05) is 0 Å². The first-order valence-electron chi connectivity index (χ1n) is 3.12. The molecule has 11 heavy (non-hydrogen) atoms. The molecule has 0 fully saturated rings. The van der Waals surface area contributed by atoms with Crippen molar-refractivity contribution >= 4 is 22.7 Å². The molecule has 0 aromatic carbocycles. The fourth-order valence-electron chi connectivity index (χ4n) is 0.573. The summed E-state index contributed by atoms with van der Waals surface area (Å²) >= 11 is 3.95. The lowest BCUT2D eigenvalue weighted by molar-refractivity contribution is 0.480. The third kappa shape index (κ3) is 13.2. The summed E-state index contributed by atoms with van der Waals surface area (Å²) in [6.45, 7) is 0. The lowest BCUT2D eigenvalue weighted by Gasteiger charge is -1.94. The Hall–Kier alpha value is 0.220. The minimum atomic E-state index is -3.73. The van der Waals surface area contributed by atoms with E-state index in [2.05, 4.69) is 12.6 Å². The molecule has 6 heteroatoms. The van der Waals surface area contributed by atoms with Crippen LogP contribution in [0.15, 0.2) is 0 Å². The highest BCUT2D eigenvalue weighted by Gasteiger charge is 2.01. The second-order valence-corrected chi connectivity index (χ2v) is 4.09. The van der Waals surface area contributed by atoms with Crippen LogP contribution < -0.4 is 6.15 Å². The maximum absolute atomic E-state index is 10.1. The molecule has 0 aromatic heterocycles. The van der Waals surface area contributed by atoms with E-state index < -0.39 is 10.1 Å². The predicted molar refractivity (Wildman–Crippen MR) is 49.1 cm³/mol. The number of thiol groups is 1. The van der Waals surface area contributed by atoms with Gasteiger partial charge in [-0.2, -0.15) is 21.0 Å². The van der Waals surface area contributed by atoms with Crippen molar-refractivity contribution in [1.82, 2.24) is 6.15 Å². The largest absolute Gasteiger partial charge is 0.344 e. The highest BCUT2D eigenvalue weighted by molar-refractivity contribution is 7.85. The first kappa shape index (κ1) is 13.8. The smallest absolute Gasteiger partial charge is 0.264 e. The SMILES string of the molecule is N.O=S(=O)(O)CCCCCS. The van der Waals surface area contributed by atoms with Gasteiger partial charge in [-0.25, -0.2) is 0 Å². The summed E-state index contributed by atoms with van der Waals surface area (Å²) in [7, 11) is -3.73. The topological polar surface area (TPSA) is 89.4 Å². The van der Waals surface area contributed by atoms with E-state index in [1.165, 1.54) is 0 Å². The Labute approximate surface area is 73.1 Å². The van der Waals surface area contributed by atoms with Gasteiger partial charge in [0.15, 0.2) is 0 Å². The van der Waals surface area contributed by atoms with Crippen LogP contribution in [0.5, 0.6) is 0 Å². The van der Waals surface area contributed by atoms with Crippen LogP contribution in [0.2, 0.25) is 0 Å². The second-order valence-electron chi connectivity index (χ2n) is 2.07. The van der Waals surface area contributed by atoms with Gasteiger partial charge in [-0.1, -0.05) is 6.42 Å². The summed E-state index contributed by atoms with van der Waals surface area (Å²) in [6, 6.07) is 0.